The van der Waals surface area contributed by atoms with Crippen molar-refractivity contribution in [3.8, 4) is 0 Å². The first-order valence-electron chi connectivity index (χ1n) is 5.99. The maximum Gasteiger partial charge on any atom is 0.227 e. The van der Waals surface area contributed by atoms with E-state index in [2.05, 4.69) is 0 Å². The molecule has 0 radical (unpaired) electrons. The molecule has 19 heavy (non-hydrogen) atoms. The first-order valence-corrected chi connectivity index (χ1v) is 5.99. The van der Waals surface area contributed by atoms with Crippen LogP contribution in [0.3, 0.4) is 0 Å². The van der Waals surface area contributed by atoms with Crippen LogP contribution in [0.5, 0.6) is 0 Å². The van der Waals surface area contributed by atoms with Crippen molar-refractivity contribution in [2.45, 2.75) is 19.3 Å². The van der Waals surface area contributed by atoms with Crippen molar-refractivity contribution >= 4 is 29.9 Å². The standard InChI is InChI=1S/C13H19N3O2.ClH/c14-9-4-7-13(18)16(10-8-12(15)17)11-5-2-1-3-6-11;/h1-3,5-6H,4,7-10,14H2,(H2,15,17);1H. The summed E-state index contributed by atoms with van der Waals surface area (Å²) in [4.78, 5) is 24.5. The van der Waals surface area contributed by atoms with Gasteiger partial charge in [-0.15, -0.1) is 12.4 Å². The normalized spacial score (nSPS) is 9.53. The summed E-state index contributed by atoms with van der Waals surface area (Å²) in [6, 6.07) is 9.24. The summed E-state index contributed by atoms with van der Waals surface area (Å²) in [5.41, 5.74) is 11.3. The minimum Gasteiger partial charge on any atom is -0.370 e. The molecule has 0 fully saturated rings. The lowest BCUT2D eigenvalue weighted by Crippen LogP contribution is -2.34. The van der Waals surface area contributed by atoms with Gasteiger partial charge in [0.05, 0.1) is 0 Å². The van der Waals surface area contributed by atoms with Gasteiger partial charge in [0, 0.05) is 25.1 Å². The molecule has 0 saturated heterocycles. The third-order valence-electron chi connectivity index (χ3n) is 2.55. The van der Waals surface area contributed by atoms with Crippen LogP contribution in [0.4, 0.5) is 5.69 Å². The second kappa shape index (κ2) is 9.35. The third-order valence-corrected chi connectivity index (χ3v) is 2.55. The molecule has 1 rings (SSSR count). The number of hydrogen-bond acceptors (Lipinski definition) is 3. The fraction of sp³-hybridized carbons (Fsp3) is 0.385. The number of benzene rings is 1. The van der Waals surface area contributed by atoms with Gasteiger partial charge >= 0.3 is 0 Å². The highest BCUT2D eigenvalue weighted by Gasteiger charge is 2.15. The van der Waals surface area contributed by atoms with Crippen molar-refractivity contribution < 1.29 is 9.59 Å². The van der Waals surface area contributed by atoms with Crippen molar-refractivity contribution in [1.29, 1.82) is 0 Å². The number of nitrogens with two attached hydrogens (primary N) is 2. The van der Waals surface area contributed by atoms with Crippen LogP contribution < -0.4 is 16.4 Å². The van der Waals surface area contributed by atoms with Gasteiger partial charge in [-0.3, -0.25) is 9.59 Å². The van der Waals surface area contributed by atoms with Crippen LogP contribution >= 0.6 is 12.4 Å². The Labute approximate surface area is 119 Å². The summed E-state index contributed by atoms with van der Waals surface area (Å²) >= 11 is 0. The molecule has 1 aromatic carbocycles. The second-order valence-corrected chi connectivity index (χ2v) is 3.99. The molecule has 4 N–H and O–H groups in total. The lowest BCUT2D eigenvalue weighted by molar-refractivity contribution is -0.119. The lowest BCUT2D eigenvalue weighted by Gasteiger charge is -2.22. The van der Waals surface area contributed by atoms with Crippen molar-refractivity contribution in [3.63, 3.8) is 0 Å². The second-order valence-electron chi connectivity index (χ2n) is 3.99. The SMILES string of the molecule is Cl.NCCCC(=O)N(CCC(N)=O)c1ccccc1. The zero-order chi connectivity index (χ0) is 13.4. The lowest BCUT2D eigenvalue weighted by atomic mass is 10.2. The zero-order valence-corrected chi connectivity index (χ0v) is 11.6. The molecule has 0 unspecified atom stereocenters. The van der Waals surface area contributed by atoms with E-state index >= 15 is 0 Å². The molecule has 6 heteroatoms. The van der Waals surface area contributed by atoms with Gasteiger partial charge in [0.2, 0.25) is 11.8 Å². The van der Waals surface area contributed by atoms with Gasteiger partial charge in [-0.05, 0) is 25.1 Å². The molecule has 0 bridgehead atoms. The van der Waals surface area contributed by atoms with Crippen LogP contribution in [0.2, 0.25) is 0 Å². The van der Waals surface area contributed by atoms with Gasteiger partial charge in [0.15, 0.2) is 0 Å². The average molecular weight is 286 g/mol. The van der Waals surface area contributed by atoms with E-state index in [1.54, 1.807) is 4.90 Å². The number of amides is 2. The fourth-order valence-electron chi connectivity index (χ4n) is 1.62. The van der Waals surface area contributed by atoms with Crippen molar-refractivity contribution in [1.82, 2.24) is 0 Å². The maximum absolute atomic E-state index is 12.0. The largest absolute Gasteiger partial charge is 0.370 e. The zero-order valence-electron chi connectivity index (χ0n) is 10.7. The van der Waals surface area contributed by atoms with Gasteiger partial charge in [-0.1, -0.05) is 18.2 Å². The first-order chi connectivity index (χ1) is 8.65. The quantitative estimate of drug-likeness (QED) is 0.785. The Balaban J connectivity index is 0.00000324. The molecule has 0 aliphatic carbocycles. The number of primary amides is 1. The number of halogens is 1. The van der Waals surface area contributed by atoms with Crippen LogP contribution in [-0.2, 0) is 9.59 Å². The molecule has 0 aromatic heterocycles. The highest BCUT2D eigenvalue weighted by molar-refractivity contribution is 5.93. The van der Waals surface area contributed by atoms with E-state index < -0.39 is 5.91 Å². The summed E-state index contributed by atoms with van der Waals surface area (Å²) in [7, 11) is 0. The van der Waals surface area contributed by atoms with E-state index in [0.29, 0.717) is 25.9 Å². The molecule has 0 saturated carbocycles. The Morgan fingerprint density at radius 2 is 1.74 bits per heavy atom. The molecule has 106 valence electrons. The molecule has 2 amide bonds. The number of carbonyl (C=O) groups excluding carboxylic acids is 2. The topological polar surface area (TPSA) is 89.4 Å². The Bertz CT molecular complexity index is 398. The molecule has 0 aliphatic heterocycles. The molecule has 5 nitrogen and oxygen atoms in total. The maximum atomic E-state index is 12.0. The van der Waals surface area contributed by atoms with Gasteiger partial charge in [0.1, 0.15) is 0 Å². The predicted octanol–water partition coefficient (Wildman–Crippen LogP) is 1.06. The minimum absolute atomic E-state index is 0. The number of anilines is 1. The van der Waals surface area contributed by atoms with Crippen molar-refractivity contribution in [2.24, 2.45) is 11.5 Å². The van der Waals surface area contributed by atoms with Gasteiger partial charge in [-0.2, -0.15) is 0 Å². The van der Waals surface area contributed by atoms with E-state index in [1.165, 1.54) is 0 Å². The van der Waals surface area contributed by atoms with Crippen molar-refractivity contribution in [3.05, 3.63) is 30.3 Å². The van der Waals surface area contributed by atoms with Gasteiger partial charge in [-0.25, -0.2) is 0 Å². The van der Waals surface area contributed by atoms with Crippen LogP contribution in [0.1, 0.15) is 19.3 Å². The fourth-order valence-corrected chi connectivity index (χ4v) is 1.62. The number of para-hydroxylation sites is 1. The minimum atomic E-state index is -0.414. The molecule has 0 heterocycles. The monoisotopic (exact) mass is 285 g/mol. The van der Waals surface area contributed by atoms with Gasteiger partial charge in [0.25, 0.3) is 0 Å². The highest BCUT2D eigenvalue weighted by atomic mass is 35.5. The smallest absolute Gasteiger partial charge is 0.227 e. The number of carbonyl (C=O) groups is 2. The van der Waals surface area contributed by atoms with E-state index in [1.807, 2.05) is 30.3 Å². The third kappa shape index (κ3) is 6.22. The van der Waals surface area contributed by atoms with Crippen LogP contribution in [-0.4, -0.2) is 24.9 Å². The number of rotatable bonds is 7. The summed E-state index contributed by atoms with van der Waals surface area (Å²) in [6.07, 6.45) is 1.17. The van der Waals surface area contributed by atoms with E-state index in [0.717, 1.165) is 5.69 Å². The highest BCUT2D eigenvalue weighted by Crippen LogP contribution is 2.15. The van der Waals surface area contributed by atoms with Crippen LogP contribution in [0, 0.1) is 0 Å². The predicted molar refractivity (Wildman–Crippen MR) is 78.1 cm³/mol. The summed E-state index contributed by atoms with van der Waals surface area (Å²) in [6.45, 7) is 0.785. The van der Waals surface area contributed by atoms with E-state index in [-0.39, 0.29) is 24.7 Å². The van der Waals surface area contributed by atoms with E-state index in [9.17, 15) is 9.59 Å². The summed E-state index contributed by atoms with van der Waals surface area (Å²) in [5.74, 6) is -0.449. The van der Waals surface area contributed by atoms with Crippen LogP contribution in [0.25, 0.3) is 0 Å². The molecule has 0 spiro atoms. The summed E-state index contributed by atoms with van der Waals surface area (Å²) < 4.78 is 0. The molecule has 0 atom stereocenters. The number of hydrogen-bond donors (Lipinski definition) is 2. The summed E-state index contributed by atoms with van der Waals surface area (Å²) in [5, 5.41) is 0. The number of nitrogens with zero attached hydrogens (tertiary/aromatic N) is 1. The average Bonchev–Trinajstić information content (AvgIpc) is 2.37. The van der Waals surface area contributed by atoms with Crippen molar-refractivity contribution in [2.75, 3.05) is 18.0 Å². The Morgan fingerprint density at radius 1 is 1.11 bits per heavy atom. The first kappa shape index (κ1) is 17.4. The molecule has 0 aliphatic rings. The molecular formula is C13H20ClN3O2. The van der Waals surface area contributed by atoms with E-state index in [4.69, 9.17) is 11.5 Å². The molecular weight excluding hydrogens is 266 g/mol. The molecule has 1 aromatic rings. The van der Waals surface area contributed by atoms with Gasteiger partial charge < -0.3 is 16.4 Å². The Morgan fingerprint density at radius 3 is 2.26 bits per heavy atom. The van der Waals surface area contributed by atoms with Crippen LogP contribution in [0.15, 0.2) is 30.3 Å². The Hall–Kier alpha value is -1.59. The Kier molecular flexibility index (Phi) is 8.57.